The molecule has 0 aromatic heterocycles. The fraction of sp³-hybridized carbons (Fsp3) is 0.250. The number of aliphatic hydroxyl groups is 1. The first kappa shape index (κ1) is 10.7. The fourth-order valence-corrected chi connectivity index (χ4v) is 2.11. The number of benzene rings is 1. The summed E-state index contributed by atoms with van der Waals surface area (Å²) in [4.78, 5) is 0. The normalized spacial score (nSPS) is 13.0. The van der Waals surface area contributed by atoms with E-state index in [4.69, 9.17) is 5.73 Å². The Bertz CT molecular complexity index is 278. The van der Waals surface area contributed by atoms with Crippen LogP contribution < -0.4 is 5.73 Å². The Labute approximate surface area is 98.8 Å². The molecule has 0 spiro atoms. The van der Waals surface area contributed by atoms with Crippen molar-refractivity contribution < 1.29 is 5.11 Å². The molecule has 0 saturated carbocycles. The molecule has 0 aliphatic heterocycles. The zero-order valence-electron chi connectivity index (χ0n) is 6.30. The second-order valence-corrected chi connectivity index (χ2v) is 4.83. The van der Waals surface area contributed by atoms with Gasteiger partial charge < -0.3 is 10.8 Å². The molecule has 12 heavy (non-hydrogen) atoms. The smallest absolute Gasteiger partial charge is 0.0922 e. The minimum atomic E-state index is -0.536. The highest BCUT2D eigenvalue weighted by Crippen LogP contribution is 2.21. The Morgan fingerprint density at radius 2 is 2.08 bits per heavy atom. The number of hydrogen-bond acceptors (Lipinski definition) is 2. The van der Waals surface area contributed by atoms with Gasteiger partial charge in [-0.3, -0.25) is 0 Å². The Balaban J connectivity index is 3.04. The van der Waals surface area contributed by atoms with Crippen LogP contribution in [0.25, 0.3) is 0 Å². The zero-order valence-corrected chi connectivity index (χ0v) is 10.6. The first-order valence-electron chi connectivity index (χ1n) is 3.48. The van der Waals surface area contributed by atoms with Crippen molar-refractivity contribution in [3.05, 3.63) is 30.9 Å². The largest absolute Gasteiger partial charge is 0.387 e. The van der Waals surface area contributed by atoms with Crippen molar-refractivity contribution >= 4 is 45.2 Å². The van der Waals surface area contributed by atoms with E-state index >= 15 is 0 Å². The van der Waals surface area contributed by atoms with E-state index in [0.717, 1.165) is 12.7 Å². The molecule has 0 bridgehead atoms. The lowest BCUT2D eigenvalue weighted by molar-refractivity contribution is 0.186. The van der Waals surface area contributed by atoms with Crippen LogP contribution in [0.2, 0.25) is 0 Å². The summed E-state index contributed by atoms with van der Waals surface area (Å²) in [6.07, 6.45) is -0.536. The van der Waals surface area contributed by atoms with Crippen LogP contribution in [0.5, 0.6) is 0 Å². The number of hydrogen-bond donors (Lipinski definition) is 2. The number of aliphatic hydroxyl groups excluding tert-OH is 1. The van der Waals surface area contributed by atoms with E-state index in [0.29, 0.717) is 0 Å². The number of rotatable bonds is 2. The topological polar surface area (TPSA) is 46.2 Å². The van der Waals surface area contributed by atoms with Crippen LogP contribution in [0, 0.1) is 7.14 Å². The van der Waals surface area contributed by atoms with Gasteiger partial charge in [0.25, 0.3) is 0 Å². The molecule has 0 fully saturated rings. The summed E-state index contributed by atoms with van der Waals surface area (Å²) in [7, 11) is 0. The molecule has 0 radical (unpaired) electrons. The van der Waals surface area contributed by atoms with Crippen molar-refractivity contribution in [2.45, 2.75) is 6.10 Å². The van der Waals surface area contributed by atoms with Crippen molar-refractivity contribution in [1.29, 1.82) is 0 Å². The van der Waals surface area contributed by atoms with Gasteiger partial charge in [0.05, 0.1) is 6.10 Å². The van der Waals surface area contributed by atoms with E-state index in [2.05, 4.69) is 45.2 Å². The minimum absolute atomic E-state index is 0.274. The predicted octanol–water partition coefficient (Wildman–Crippen LogP) is 1.89. The maximum absolute atomic E-state index is 9.50. The minimum Gasteiger partial charge on any atom is -0.387 e. The summed E-state index contributed by atoms with van der Waals surface area (Å²) in [5.41, 5.74) is 6.29. The van der Waals surface area contributed by atoms with Crippen LogP contribution in [0.1, 0.15) is 11.7 Å². The Morgan fingerprint density at radius 3 is 2.67 bits per heavy atom. The van der Waals surface area contributed by atoms with Gasteiger partial charge in [-0.05, 0) is 68.9 Å². The molecule has 4 heteroatoms. The molecule has 0 saturated heterocycles. The van der Waals surface area contributed by atoms with Crippen molar-refractivity contribution in [2.24, 2.45) is 5.73 Å². The average molecular weight is 389 g/mol. The van der Waals surface area contributed by atoms with Crippen molar-refractivity contribution in [3.63, 3.8) is 0 Å². The van der Waals surface area contributed by atoms with E-state index in [9.17, 15) is 5.11 Å². The van der Waals surface area contributed by atoms with Gasteiger partial charge in [0.2, 0.25) is 0 Å². The first-order chi connectivity index (χ1) is 5.65. The maximum Gasteiger partial charge on any atom is 0.0922 e. The summed E-state index contributed by atoms with van der Waals surface area (Å²) in [6.45, 7) is 0.274. The highest BCUT2D eigenvalue weighted by atomic mass is 127. The lowest BCUT2D eigenvalue weighted by Crippen LogP contribution is -2.12. The lowest BCUT2D eigenvalue weighted by Gasteiger charge is -2.10. The van der Waals surface area contributed by atoms with E-state index in [1.807, 2.05) is 18.2 Å². The summed E-state index contributed by atoms with van der Waals surface area (Å²) in [6, 6.07) is 5.95. The zero-order chi connectivity index (χ0) is 9.14. The third-order valence-corrected chi connectivity index (χ3v) is 3.19. The molecule has 1 aromatic carbocycles. The third-order valence-electron chi connectivity index (χ3n) is 1.54. The lowest BCUT2D eigenvalue weighted by atomic mass is 10.1. The first-order valence-corrected chi connectivity index (χ1v) is 5.64. The summed E-state index contributed by atoms with van der Waals surface area (Å²) in [5, 5.41) is 9.50. The molecule has 3 N–H and O–H groups in total. The van der Waals surface area contributed by atoms with Crippen molar-refractivity contribution in [3.8, 4) is 0 Å². The molecule has 1 atom stereocenters. The van der Waals surface area contributed by atoms with E-state index in [1.165, 1.54) is 0 Å². The molecular formula is C8H9I2NO. The molecule has 1 aromatic rings. The highest BCUT2D eigenvalue weighted by molar-refractivity contribution is 14.1. The van der Waals surface area contributed by atoms with Gasteiger partial charge in [-0.15, -0.1) is 0 Å². The fourth-order valence-electron chi connectivity index (χ4n) is 0.897. The van der Waals surface area contributed by atoms with Gasteiger partial charge >= 0.3 is 0 Å². The summed E-state index contributed by atoms with van der Waals surface area (Å²) < 4.78 is 2.18. The van der Waals surface area contributed by atoms with E-state index < -0.39 is 6.10 Å². The maximum atomic E-state index is 9.50. The number of nitrogens with two attached hydrogens (primary N) is 1. The van der Waals surface area contributed by atoms with Crippen LogP contribution in [0.3, 0.4) is 0 Å². The van der Waals surface area contributed by atoms with Crippen LogP contribution in [0.4, 0.5) is 0 Å². The predicted molar refractivity (Wildman–Crippen MR) is 65.9 cm³/mol. The molecule has 0 unspecified atom stereocenters. The molecule has 1 rings (SSSR count). The molecule has 66 valence electrons. The quantitative estimate of drug-likeness (QED) is 0.760. The molecule has 2 nitrogen and oxygen atoms in total. The monoisotopic (exact) mass is 389 g/mol. The summed E-state index contributed by atoms with van der Waals surface area (Å²) in [5.74, 6) is 0. The van der Waals surface area contributed by atoms with Gasteiger partial charge in [-0.2, -0.15) is 0 Å². The van der Waals surface area contributed by atoms with Gasteiger partial charge in [0.1, 0.15) is 0 Å². The van der Waals surface area contributed by atoms with Gasteiger partial charge in [-0.1, -0.05) is 0 Å². The Kier molecular flexibility index (Phi) is 4.21. The molecule has 0 aliphatic rings. The summed E-state index contributed by atoms with van der Waals surface area (Å²) >= 11 is 4.41. The van der Waals surface area contributed by atoms with Crippen LogP contribution in [-0.2, 0) is 0 Å². The van der Waals surface area contributed by atoms with Gasteiger partial charge in [0.15, 0.2) is 0 Å². The average Bonchev–Trinajstić information content (AvgIpc) is 2.08. The third kappa shape index (κ3) is 2.54. The van der Waals surface area contributed by atoms with E-state index in [1.54, 1.807) is 0 Å². The SMILES string of the molecule is NC[C@H](O)c1cc(I)ccc1I. The molecule has 0 aliphatic carbocycles. The second kappa shape index (κ2) is 4.73. The Morgan fingerprint density at radius 1 is 1.42 bits per heavy atom. The van der Waals surface area contributed by atoms with Crippen molar-refractivity contribution in [2.75, 3.05) is 6.54 Å². The Hall–Kier alpha value is 0.600. The van der Waals surface area contributed by atoms with Gasteiger partial charge in [0, 0.05) is 13.7 Å². The standard InChI is InChI=1S/C8H9I2NO/c9-5-1-2-7(10)6(3-5)8(12)4-11/h1-3,8,12H,4,11H2/t8-/m0/s1. The van der Waals surface area contributed by atoms with Gasteiger partial charge in [-0.25, -0.2) is 0 Å². The van der Waals surface area contributed by atoms with Crippen LogP contribution in [-0.4, -0.2) is 11.7 Å². The van der Waals surface area contributed by atoms with E-state index in [-0.39, 0.29) is 6.54 Å². The van der Waals surface area contributed by atoms with Crippen LogP contribution >= 0.6 is 45.2 Å². The molecule has 0 heterocycles. The molecule has 0 amide bonds. The highest BCUT2D eigenvalue weighted by Gasteiger charge is 2.08. The molecular weight excluding hydrogens is 380 g/mol. The van der Waals surface area contributed by atoms with Crippen molar-refractivity contribution in [1.82, 2.24) is 0 Å². The van der Waals surface area contributed by atoms with Crippen LogP contribution in [0.15, 0.2) is 18.2 Å². The second-order valence-electron chi connectivity index (χ2n) is 2.42. The number of halogens is 2.